The average Bonchev–Trinajstić information content (AvgIpc) is 2.86. The highest BCUT2D eigenvalue weighted by Gasteiger charge is 2.33. The van der Waals surface area contributed by atoms with Crippen molar-refractivity contribution in [3.05, 3.63) is 16.1 Å². The number of halogens is 3. The number of rotatable bonds is 3. The lowest BCUT2D eigenvalue weighted by Crippen LogP contribution is -2.37. The molecule has 19 heavy (non-hydrogen) atoms. The van der Waals surface area contributed by atoms with Crippen molar-refractivity contribution >= 4 is 17.2 Å². The van der Waals surface area contributed by atoms with Gasteiger partial charge in [-0.15, -0.1) is 11.3 Å². The predicted molar refractivity (Wildman–Crippen MR) is 64.6 cm³/mol. The van der Waals surface area contributed by atoms with Crippen LogP contribution in [-0.4, -0.2) is 24.0 Å². The van der Waals surface area contributed by atoms with Crippen LogP contribution in [0.1, 0.15) is 23.5 Å². The number of amides is 1. The first kappa shape index (κ1) is 14.3. The standard InChI is InChI=1S/C11H14F3N3OS/c12-11(13,14)8-6-19-9(17-8)5-16-10(18)7-1-3-15-4-2-7/h6-7,15H,1-5H2,(H,16,18). The number of aromatic nitrogens is 1. The van der Waals surface area contributed by atoms with Crippen LogP contribution in [0.3, 0.4) is 0 Å². The number of hydrogen-bond donors (Lipinski definition) is 2. The second-order valence-corrected chi connectivity index (χ2v) is 5.31. The summed E-state index contributed by atoms with van der Waals surface area (Å²) in [5.41, 5.74) is -0.899. The molecule has 1 aliphatic rings. The summed E-state index contributed by atoms with van der Waals surface area (Å²) in [7, 11) is 0. The van der Waals surface area contributed by atoms with Gasteiger partial charge >= 0.3 is 6.18 Å². The fourth-order valence-electron chi connectivity index (χ4n) is 1.91. The van der Waals surface area contributed by atoms with Gasteiger partial charge in [0.05, 0.1) is 6.54 Å². The van der Waals surface area contributed by atoms with Crippen molar-refractivity contribution in [2.75, 3.05) is 13.1 Å². The quantitative estimate of drug-likeness (QED) is 0.893. The van der Waals surface area contributed by atoms with Crippen molar-refractivity contribution in [1.82, 2.24) is 15.6 Å². The van der Waals surface area contributed by atoms with Crippen molar-refractivity contribution in [3.63, 3.8) is 0 Å². The molecule has 106 valence electrons. The summed E-state index contributed by atoms with van der Waals surface area (Å²) in [5.74, 6) is -0.159. The number of carbonyl (C=O) groups excluding carboxylic acids is 1. The Bertz CT molecular complexity index is 441. The second-order valence-electron chi connectivity index (χ2n) is 4.37. The van der Waals surface area contributed by atoms with E-state index in [1.54, 1.807) is 0 Å². The second kappa shape index (κ2) is 5.87. The molecule has 0 aromatic carbocycles. The van der Waals surface area contributed by atoms with E-state index < -0.39 is 11.9 Å². The van der Waals surface area contributed by atoms with Crippen LogP contribution in [0.5, 0.6) is 0 Å². The van der Waals surface area contributed by atoms with Crippen LogP contribution in [0.2, 0.25) is 0 Å². The minimum absolute atomic E-state index is 0.0525. The average molecular weight is 293 g/mol. The number of thiazole rings is 1. The zero-order valence-corrected chi connectivity index (χ0v) is 10.9. The molecule has 2 N–H and O–H groups in total. The number of hydrogen-bond acceptors (Lipinski definition) is 4. The maximum atomic E-state index is 12.3. The number of piperidine rings is 1. The highest BCUT2D eigenvalue weighted by atomic mass is 32.1. The summed E-state index contributed by atoms with van der Waals surface area (Å²) in [6.07, 6.45) is -2.90. The van der Waals surface area contributed by atoms with Crippen LogP contribution in [0.4, 0.5) is 13.2 Å². The van der Waals surface area contributed by atoms with E-state index in [0.717, 1.165) is 42.6 Å². The first-order valence-corrected chi connectivity index (χ1v) is 6.85. The molecule has 0 bridgehead atoms. The van der Waals surface area contributed by atoms with E-state index >= 15 is 0 Å². The Kier molecular flexibility index (Phi) is 4.41. The summed E-state index contributed by atoms with van der Waals surface area (Å²) in [6.45, 7) is 1.66. The topological polar surface area (TPSA) is 54.0 Å². The van der Waals surface area contributed by atoms with E-state index in [-0.39, 0.29) is 23.4 Å². The summed E-state index contributed by atoms with van der Waals surface area (Å²) in [4.78, 5) is 15.3. The smallest absolute Gasteiger partial charge is 0.349 e. The predicted octanol–water partition coefficient (Wildman–Crippen LogP) is 1.78. The molecule has 1 aromatic rings. The number of nitrogens with one attached hydrogen (secondary N) is 2. The van der Waals surface area contributed by atoms with Gasteiger partial charge in [-0.3, -0.25) is 4.79 Å². The largest absolute Gasteiger partial charge is 0.434 e. The van der Waals surface area contributed by atoms with Crippen molar-refractivity contribution in [1.29, 1.82) is 0 Å². The van der Waals surface area contributed by atoms with Crippen molar-refractivity contribution in [2.24, 2.45) is 5.92 Å². The molecule has 2 rings (SSSR count). The molecule has 1 amide bonds. The fraction of sp³-hybridized carbons (Fsp3) is 0.636. The minimum Gasteiger partial charge on any atom is -0.349 e. The molecule has 2 heterocycles. The Labute approximate surface area is 112 Å². The summed E-state index contributed by atoms with van der Waals surface area (Å²) in [6, 6.07) is 0. The maximum absolute atomic E-state index is 12.3. The van der Waals surface area contributed by atoms with Crippen LogP contribution >= 0.6 is 11.3 Å². The van der Waals surface area contributed by atoms with Crippen LogP contribution in [-0.2, 0) is 17.5 Å². The van der Waals surface area contributed by atoms with E-state index in [1.165, 1.54) is 0 Å². The van der Waals surface area contributed by atoms with Crippen LogP contribution in [0.25, 0.3) is 0 Å². The first-order chi connectivity index (χ1) is 8.97. The third-order valence-corrected chi connectivity index (χ3v) is 3.81. The Balaban J connectivity index is 1.85. The molecule has 0 aliphatic carbocycles. The van der Waals surface area contributed by atoms with Gasteiger partial charge < -0.3 is 10.6 Å². The van der Waals surface area contributed by atoms with Gasteiger partial charge in [0.2, 0.25) is 5.91 Å². The minimum atomic E-state index is -4.42. The van der Waals surface area contributed by atoms with Gasteiger partial charge in [0.1, 0.15) is 5.01 Å². The molecule has 0 radical (unpaired) electrons. The molecule has 1 aromatic heterocycles. The molecular weight excluding hydrogens is 279 g/mol. The number of nitrogens with zero attached hydrogens (tertiary/aromatic N) is 1. The lowest BCUT2D eigenvalue weighted by atomic mass is 9.97. The highest BCUT2D eigenvalue weighted by Crippen LogP contribution is 2.29. The van der Waals surface area contributed by atoms with E-state index in [0.29, 0.717) is 0 Å². The normalized spacial score (nSPS) is 17.4. The van der Waals surface area contributed by atoms with Crippen LogP contribution in [0, 0.1) is 5.92 Å². The van der Waals surface area contributed by atoms with Gasteiger partial charge in [-0.25, -0.2) is 4.98 Å². The van der Waals surface area contributed by atoms with Crippen LogP contribution in [0.15, 0.2) is 5.38 Å². The number of carbonyl (C=O) groups is 1. The SMILES string of the molecule is O=C(NCc1nc(C(F)(F)F)cs1)C1CCNCC1. The van der Waals surface area contributed by atoms with E-state index in [2.05, 4.69) is 15.6 Å². The number of alkyl halides is 3. The maximum Gasteiger partial charge on any atom is 0.434 e. The lowest BCUT2D eigenvalue weighted by molar-refractivity contribution is -0.140. The highest BCUT2D eigenvalue weighted by molar-refractivity contribution is 7.09. The van der Waals surface area contributed by atoms with Gasteiger partial charge in [-0.05, 0) is 25.9 Å². The summed E-state index contributed by atoms with van der Waals surface area (Å²) in [5, 5.41) is 7.03. The lowest BCUT2D eigenvalue weighted by Gasteiger charge is -2.21. The van der Waals surface area contributed by atoms with E-state index in [4.69, 9.17) is 0 Å². The van der Waals surface area contributed by atoms with Crippen molar-refractivity contribution < 1.29 is 18.0 Å². The fourth-order valence-corrected chi connectivity index (χ4v) is 2.65. The molecule has 0 atom stereocenters. The third-order valence-electron chi connectivity index (χ3n) is 2.97. The summed E-state index contributed by atoms with van der Waals surface area (Å²) < 4.78 is 37.0. The Morgan fingerprint density at radius 1 is 1.47 bits per heavy atom. The molecule has 1 fully saturated rings. The molecule has 1 aliphatic heterocycles. The monoisotopic (exact) mass is 293 g/mol. The zero-order valence-electron chi connectivity index (χ0n) is 10.1. The van der Waals surface area contributed by atoms with E-state index in [1.807, 2.05) is 0 Å². The first-order valence-electron chi connectivity index (χ1n) is 5.97. The van der Waals surface area contributed by atoms with Gasteiger partial charge in [-0.1, -0.05) is 0 Å². The molecule has 0 spiro atoms. The van der Waals surface area contributed by atoms with E-state index in [9.17, 15) is 18.0 Å². The third kappa shape index (κ3) is 3.90. The van der Waals surface area contributed by atoms with Crippen LogP contribution < -0.4 is 10.6 Å². The molecule has 1 saturated heterocycles. The van der Waals surface area contributed by atoms with Gasteiger partial charge in [-0.2, -0.15) is 13.2 Å². The molecule has 8 heteroatoms. The van der Waals surface area contributed by atoms with Crippen molar-refractivity contribution in [3.8, 4) is 0 Å². The summed E-state index contributed by atoms with van der Waals surface area (Å²) >= 11 is 0.907. The molecular formula is C11H14F3N3OS. The van der Waals surface area contributed by atoms with Crippen molar-refractivity contribution in [2.45, 2.75) is 25.6 Å². The Morgan fingerprint density at radius 2 is 2.16 bits per heavy atom. The molecule has 4 nitrogen and oxygen atoms in total. The van der Waals surface area contributed by atoms with Gasteiger partial charge in [0, 0.05) is 11.3 Å². The Morgan fingerprint density at radius 3 is 2.74 bits per heavy atom. The molecule has 0 saturated carbocycles. The zero-order chi connectivity index (χ0) is 13.9. The van der Waals surface area contributed by atoms with Gasteiger partial charge in [0.25, 0.3) is 0 Å². The Hall–Kier alpha value is -1.15. The molecule has 0 unspecified atom stereocenters. The van der Waals surface area contributed by atoms with Gasteiger partial charge in [0.15, 0.2) is 5.69 Å².